The normalized spacial score (nSPS) is 9.45. The number of pyridine rings is 2. The van der Waals surface area contributed by atoms with Crippen LogP contribution in [0, 0.1) is 20.5 Å². The number of hydrogen-bond acceptors (Lipinski definition) is 14. The molecule has 44 heavy (non-hydrogen) atoms. The van der Waals surface area contributed by atoms with E-state index in [0.717, 1.165) is 22.5 Å². The molecule has 248 valence electrons. The van der Waals surface area contributed by atoms with Crippen molar-refractivity contribution >= 4 is 24.3 Å². The van der Waals surface area contributed by atoms with Crippen LogP contribution in [-0.4, -0.2) is 35.4 Å². The molecular formula is C22H32Cl2N6NiO13+4. The van der Waals surface area contributed by atoms with Crippen molar-refractivity contribution in [3.63, 3.8) is 0 Å². The van der Waals surface area contributed by atoms with Gasteiger partial charge in [-0.1, -0.05) is 24.3 Å². The van der Waals surface area contributed by atoms with Crippen LogP contribution in [0.15, 0.2) is 86.2 Å². The molecule has 0 radical (unpaired) electrons. The molecule has 0 amide bonds. The summed E-state index contributed by atoms with van der Waals surface area (Å²) in [4.78, 5) is 23.9. The molecule has 0 atom stereocenters. The molecule has 4 aromatic heterocycles. The van der Waals surface area contributed by atoms with E-state index in [2.05, 4.69) is 29.9 Å². The van der Waals surface area contributed by atoms with Crippen LogP contribution in [0.1, 0.15) is 22.5 Å². The molecule has 0 spiro atoms. The fourth-order valence-electron chi connectivity index (χ4n) is 2.11. The number of aromatic nitrogens is 6. The first-order chi connectivity index (χ1) is 17.9. The average molecular weight is 718 g/mol. The van der Waals surface area contributed by atoms with Gasteiger partial charge in [0.05, 0.1) is 11.4 Å². The smallest absolute Gasteiger partial charge is 0.457 e. The number of halogens is 2. The topological polar surface area (TPSA) is 425 Å². The molecule has 4 aromatic rings. The second-order valence-corrected chi connectivity index (χ2v) is 7.78. The van der Waals surface area contributed by atoms with E-state index in [1.54, 1.807) is 37.2 Å². The zero-order valence-electron chi connectivity index (χ0n) is 22.2. The van der Waals surface area contributed by atoms with Crippen molar-refractivity contribution in [3.05, 3.63) is 109 Å². The number of hydrogen-bond donors (Lipinski definition) is 0. The zero-order valence-corrected chi connectivity index (χ0v) is 24.7. The van der Waals surface area contributed by atoms with Gasteiger partial charge in [0.15, 0.2) is 0 Å². The molecule has 0 aliphatic rings. The van der Waals surface area contributed by atoms with E-state index in [1.807, 2.05) is 60.7 Å². The minimum atomic E-state index is -4.94. The Labute approximate surface area is 264 Å². The molecule has 0 fully saturated rings. The molecule has 0 aliphatic heterocycles. The van der Waals surface area contributed by atoms with Gasteiger partial charge in [0.1, 0.15) is 12.7 Å². The van der Waals surface area contributed by atoms with Gasteiger partial charge in [0.25, 0.3) is 0 Å². The molecule has 4 heterocycles. The molecule has 22 heteroatoms. The summed E-state index contributed by atoms with van der Waals surface area (Å²) in [6.45, 7) is 0. The molecule has 0 saturated carbocycles. The van der Waals surface area contributed by atoms with Gasteiger partial charge >= 0.3 is 16.5 Å². The van der Waals surface area contributed by atoms with Crippen molar-refractivity contribution in [2.75, 3.05) is 0 Å². The SMILES string of the molecule is C(=C\c1ccncn1)/c1cccnc1.C(=C\c1ccncn1)/c1cccnc1.O.[Ni+2].[O-][Cl+3]([O-])([O-])[O-].[O-][Cl+3]([O-])([O-])[O-].[OH3+].[OH3+].[OH3+].[OH3+]. The first kappa shape index (κ1) is 53.1. The summed E-state index contributed by atoms with van der Waals surface area (Å²) in [6.07, 6.45) is 21.4. The van der Waals surface area contributed by atoms with Crippen LogP contribution in [-0.2, 0) is 38.4 Å². The molecule has 0 bridgehead atoms. The Morgan fingerprint density at radius 3 is 1.02 bits per heavy atom. The molecule has 0 saturated heterocycles. The van der Waals surface area contributed by atoms with E-state index in [9.17, 15) is 0 Å². The van der Waals surface area contributed by atoms with Crippen molar-refractivity contribution in [3.8, 4) is 0 Å². The summed E-state index contributed by atoms with van der Waals surface area (Å²) >= 11 is 0. The van der Waals surface area contributed by atoms with E-state index in [-0.39, 0.29) is 43.9 Å². The molecule has 14 N–H and O–H groups in total. The van der Waals surface area contributed by atoms with E-state index in [4.69, 9.17) is 37.3 Å². The predicted octanol–water partition coefficient (Wildman–Crippen LogP) is -9.94. The Kier molecular flexibility index (Phi) is 35.7. The summed E-state index contributed by atoms with van der Waals surface area (Å²) in [5, 5.41) is 0. The second kappa shape index (κ2) is 29.6. The van der Waals surface area contributed by atoms with Gasteiger partial charge in [-0.05, 0) is 47.5 Å². The summed E-state index contributed by atoms with van der Waals surface area (Å²) < 4.78 is 67.9. The molecule has 4 rings (SSSR count). The fraction of sp³-hybridized carbons (Fsp3) is 0. The largest absolute Gasteiger partial charge is 2.00 e. The third-order valence-electron chi connectivity index (χ3n) is 3.47. The summed E-state index contributed by atoms with van der Waals surface area (Å²) in [5.41, 5.74) is 3.91. The maximum atomic E-state index is 8.49. The van der Waals surface area contributed by atoms with Crippen LogP contribution in [0.4, 0.5) is 0 Å². The Balaban J connectivity index is -0.000000114. The Morgan fingerprint density at radius 1 is 0.477 bits per heavy atom. The Bertz CT molecular complexity index is 1020. The minimum absolute atomic E-state index is 0. The predicted molar refractivity (Wildman–Crippen MR) is 133 cm³/mol. The van der Waals surface area contributed by atoms with Crippen LogP contribution < -0.4 is 37.3 Å². The average Bonchev–Trinajstić information content (AvgIpc) is 2.87. The Morgan fingerprint density at radius 2 is 0.795 bits per heavy atom. The molecule has 0 aliphatic carbocycles. The fourth-order valence-corrected chi connectivity index (χ4v) is 2.11. The monoisotopic (exact) mass is 716 g/mol. The van der Waals surface area contributed by atoms with Gasteiger partial charge in [0.2, 0.25) is 0 Å². The van der Waals surface area contributed by atoms with Gasteiger partial charge in [0, 0.05) is 37.2 Å². The van der Waals surface area contributed by atoms with E-state index < -0.39 is 20.5 Å². The van der Waals surface area contributed by atoms with Crippen LogP contribution in [0.25, 0.3) is 24.3 Å². The van der Waals surface area contributed by atoms with Crippen LogP contribution in [0.3, 0.4) is 0 Å². The first-order valence-electron chi connectivity index (χ1n) is 9.82. The molecular weight excluding hydrogens is 686 g/mol. The van der Waals surface area contributed by atoms with Gasteiger partial charge in [-0.2, -0.15) is 0 Å². The first-order valence-corrected chi connectivity index (χ1v) is 12.3. The molecule has 19 nitrogen and oxygen atoms in total. The standard InChI is InChI=1S/2C11H9N3.2ClHO4.Ni.5H2O/c2*1-2-10(8-12-6-1)3-4-11-5-7-13-9-14-11;2*2-1(3,4)5;;;;;;/h2*1-9H;2*(H,2,3,4,5);;5*1H2/q;;;;+2;;;;;/p+2/b2*4-3+;;;;;;;;. The molecule has 0 unspecified atom stereocenters. The quantitative estimate of drug-likeness (QED) is 0.140. The van der Waals surface area contributed by atoms with Gasteiger partial charge in [-0.3, -0.25) is 9.97 Å². The minimum Gasteiger partial charge on any atom is -0.457 e. The van der Waals surface area contributed by atoms with Crippen LogP contribution in [0.5, 0.6) is 0 Å². The van der Waals surface area contributed by atoms with Gasteiger partial charge < -0.3 is 27.4 Å². The summed E-state index contributed by atoms with van der Waals surface area (Å²) in [7, 11) is -9.89. The number of rotatable bonds is 4. The van der Waals surface area contributed by atoms with Crippen molar-refractivity contribution in [1.29, 1.82) is 0 Å². The van der Waals surface area contributed by atoms with Crippen molar-refractivity contribution in [1.82, 2.24) is 29.9 Å². The van der Waals surface area contributed by atoms with Crippen molar-refractivity contribution < 1.29 is 102 Å². The van der Waals surface area contributed by atoms with Crippen LogP contribution in [0.2, 0.25) is 0 Å². The third-order valence-corrected chi connectivity index (χ3v) is 3.47. The zero-order chi connectivity index (χ0) is 28.3. The second-order valence-electron chi connectivity index (χ2n) is 6.26. The van der Waals surface area contributed by atoms with Gasteiger partial charge in [-0.25, -0.2) is 57.2 Å². The van der Waals surface area contributed by atoms with Gasteiger partial charge in [-0.15, -0.1) is 20.5 Å². The van der Waals surface area contributed by atoms with E-state index >= 15 is 0 Å². The maximum Gasteiger partial charge on any atom is 2.00 e. The Hall–Kier alpha value is -3.51. The summed E-state index contributed by atoms with van der Waals surface area (Å²) in [6, 6.07) is 11.5. The number of nitrogens with zero attached hydrogens (tertiary/aromatic N) is 6. The van der Waals surface area contributed by atoms with Crippen LogP contribution >= 0.6 is 0 Å². The third kappa shape index (κ3) is 36.5. The molecule has 0 aromatic carbocycles. The maximum absolute atomic E-state index is 8.49. The summed E-state index contributed by atoms with van der Waals surface area (Å²) in [5.74, 6) is 0. The van der Waals surface area contributed by atoms with E-state index in [1.165, 1.54) is 12.7 Å². The van der Waals surface area contributed by atoms with Crippen molar-refractivity contribution in [2.24, 2.45) is 0 Å². The van der Waals surface area contributed by atoms with Crippen molar-refractivity contribution in [2.45, 2.75) is 0 Å². The van der Waals surface area contributed by atoms with E-state index in [0.29, 0.717) is 0 Å².